The standard InChI is InChI=1S/C18H32N2S/c1-7-14-8-9-15(21-14)11-20-12-17(18(4,5)6)19-10-16(20)13(2)3/h8-9,13,16-17,19H,7,10-12H2,1-6H3. The van der Waals surface area contributed by atoms with Gasteiger partial charge in [-0.25, -0.2) is 0 Å². The van der Waals surface area contributed by atoms with Crippen molar-refractivity contribution in [3.63, 3.8) is 0 Å². The van der Waals surface area contributed by atoms with Crippen molar-refractivity contribution >= 4 is 11.3 Å². The monoisotopic (exact) mass is 308 g/mol. The van der Waals surface area contributed by atoms with E-state index in [1.54, 1.807) is 0 Å². The molecule has 1 aromatic rings. The summed E-state index contributed by atoms with van der Waals surface area (Å²) in [5.74, 6) is 0.698. The second-order valence-electron chi connectivity index (χ2n) is 7.79. The lowest BCUT2D eigenvalue weighted by molar-refractivity contribution is 0.0580. The normalized spacial score (nSPS) is 24.7. The Morgan fingerprint density at radius 3 is 2.48 bits per heavy atom. The third-order valence-electron chi connectivity index (χ3n) is 4.70. The van der Waals surface area contributed by atoms with E-state index >= 15 is 0 Å². The van der Waals surface area contributed by atoms with E-state index in [2.05, 4.69) is 63.9 Å². The summed E-state index contributed by atoms with van der Waals surface area (Å²) >= 11 is 1.99. The lowest BCUT2D eigenvalue weighted by Gasteiger charge is -2.46. The van der Waals surface area contributed by atoms with Gasteiger partial charge in [0.15, 0.2) is 0 Å². The lowest BCUT2D eigenvalue weighted by Crippen LogP contribution is -2.61. The van der Waals surface area contributed by atoms with Crippen LogP contribution in [-0.4, -0.2) is 30.1 Å². The Morgan fingerprint density at radius 1 is 1.29 bits per heavy atom. The summed E-state index contributed by atoms with van der Waals surface area (Å²) in [5, 5.41) is 3.78. The van der Waals surface area contributed by atoms with Gasteiger partial charge >= 0.3 is 0 Å². The number of hydrogen-bond acceptors (Lipinski definition) is 3. The van der Waals surface area contributed by atoms with E-state index < -0.39 is 0 Å². The van der Waals surface area contributed by atoms with Crippen molar-refractivity contribution < 1.29 is 0 Å². The summed E-state index contributed by atoms with van der Waals surface area (Å²) < 4.78 is 0. The van der Waals surface area contributed by atoms with Crippen molar-refractivity contribution in [2.24, 2.45) is 11.3 Å². The highest BCUT2D eigenvalue weighted by molar-refractivity contribution is 7.11. The SMILES string of the molecule is CCc1ccc(CN2CC(C(C)(C)C)NCC2C(C)C)s1. The van der Waals surface area contributed by atoms with Crippen LogP contribution in [0.25, 0.3) is 0 Å². The molecule has 1 saturated heterocycles. The fourth-order valence-electron chi connectivity index (χ4n) is 3.14. The summed E-state index contributed by atoms with van der Waals surface area (Å²) in [5.41, 5.74) is 0.324. The van der Waals surface area contributed by atoms with Crippen LogP contribution in [-0.2, 0) is 13.0 Å². The molecular weight excluding hydrogens is 276 g/mol. The van der Waals surface area contributed by atoms with E-state index in [1.807, 2.05) is 11.3 Å². The van der Waals surface area contributed by atoms with Gasteiger partial charge in [-0.3, -0.25) is 4.90 Å². The number of nitrogens with one attached hydrogen (secondary N) is 1. The van der Waals surface area contributed by atoms with Crippen LogP contribution >= 0.6 is 11.3 Å². The zero-order valence-corrected chi connectivity index (χ0v) is 15.4. The molecule has 2 unspecified atom stereocenters. The maximum absolute atomic E-state index is 3.78. The molecule has 2 nitrogen and oxygen atoms in total. The number of hydrogen-bond donors (Lipinski definition) is 1. The van der Waals surface area contributed by atoms with Crippen molar-refractivity contribution in [3.8, 4) is 0 Å². The van der Waals surface area contributed by atoms with E-state index in [1.165, 1.54) is 9.75 Å². The maximum Gasteiger partial charge on any atom is 0.0332 e. The minimum Gasteiger partial charge on any atom is -0.311 e. The number of thiophene rings is 1. The Balaban J connectivity index is 2.10. The molecule has 1 aromatic heterocycles. The third-order valence-corrected chi connectivity index (χ3v) is 5.91. The van der Waals surface area contributed by atoms with Crippen LogP contribution in [0.3, 0.4) is 0 Å². The van der Waals surface area contributed by atoms with Gasteiger partial charge in [0, 0.05) is 41.5 Å². The van der Waals surface area contributed by atoms with Gasteiger partial charge in [-0.1, -0.05) is 41.5 Å². The van der Waals surface area contributed by atoms with E-state index in [0.29, 0.717) is 23.4 Å². The third kappa shape index (κ3) is 4.30. The van der Waals surface area contributed by atoms with E-state index in [4.69, 9.17) is 0 Å². The molecule has 0 aromatic carbocycles. The highest BCUT2D eigenvalue weighted by Gasteiger charge is 2.35. The van der Waals surface area contributed by atoms with Gasteiger partial charge < -0.3 is 5.32 Å². The zero-order valence-electron chi connectivity index (χ0n) is 14.6. The van der Waals surface area contributed by atoms with Gasteiger partial charge in [-0.15, -0.1) is 11.3 Å². The molecule has 0 aliphatic carbocycles. The number of piperazine rings is 1. The second kappa shape index (κ2) is 6.80. The molecule has 0 amide bonds. The first-order chi connectivity index (χ1) is 9.81. The van der Waals surface area contributed by atoms with Crippen LogP contribution in [0.1, 0.15) is 51.3 Å². The highest BCUT2D eigenvalue weighted by Crippen LogP contribution is 2.28. The molecule has 2 heterocycles. The van der Waals surface area contributed by atoms with Crippen molar-refractivity contribution in [3.05, 3.63) is 21.9 Å². The van der Waals surface area contributed by atoms with Crippen LogP contribution in [0.2, 0.25) is 0 Å². The number of rotatable bonds is 4. The molecule has 3 heteroatoms. The molecule has 2 atom stereocenters. The summed E-state index contributed by atoms with van der Waals surface area (Å²) in [7, 11) is 0. The fraction of sp³-hybridized carbons (Fsp3) is 0.778. The molecule has 0 spiro atoms. The lowest BCUT2D eigenvalue weighted by atomic mass is 9.83. The van der Waals surface area contributed by atoms with E-state index in [-0.39, 0.29) is 0 Å². The van der Waals surface area contributed by atoms with Crippen LogP contribution < -0.4 is 5.32 Å². The van der Waals surface area contributed by atoms with Gasteiger partial charge in [0.1, 0.15) is 0 Å². The highest BCUT2D eigenvalue weighted by atomic mass is 32.1. The summed E-state index contributed by atoms with van der Waals surface area (Å²) in [4.78, 5) is 5.74. The minimum absolute atomic E-state index is 0.324. The first-order valence-corrected chi connectivity index (χ1v) is 9.18. The largest absolute Gasteiger partial charge is 0.311 e. The van der Waals surface area contributed by atoms with Crippen molar-refractivity contribution in [2.75, 3.05) is 13.1 Å². The predicted octanol–water partition coefficient (Wildman–Crippen LogP) is 4.16. The Labute approximate surface area is 134 Å². The molecule has 120 valence electrons. The molecule has 1 aliphatic heterocycles. The topological polar surface area (TPSA) is 15.3 Å². The van der Waals surface area contributed by atoms with Crippen molar-refractivity contribution in [2.45, 2.75) is 66.6 Å². The van der Waals surface area contributed by atoms with Crippen LogP contribution in [0, 0.1) is 11.3 Å². The molecule has 1 fully saturated rings. The van der Waals surface area contributed by atoms with Gasteiger partial charge in [0.2, 0.25) is 0 Å². The molecule has 0 bridgehead atoms. The summed E-state index contributed by atoms with van der Waals surface area (Å²) in [6.45, 7) is 17.4. The molecule has 0 saturated carbocycles. The van der Waals surface area contributed by atoms with Gasteiger partial charge in [0.25, 0.3) is 0 Å². The van der Waals surface area contributed by atoms with Gasteiger partial charge in [-0.2, -0.15) is 0 Å². The quantitative estimate of drug-likeness (QED) is 0.898. The Bertz CT molecular complexity index is 444. The van der Waals surface area contributed by atoms with E-state index in [0.717, 1.165) is 26.1 Å². The number of aryl methyl sites for hydroxylation is 1. The Hall–Kier alpha value is -0.380. The average Bonchev–Trinajstić information content (AvgIpc) is 2.85. The van der Waals surface area contributed by atoms with Crippen LogP contribution in [0.15, 0.2) is 12.1 Å². The summed E-state index contributed by atoms with van der Waals surface area (Å²) in [6, 6.07) is 5.86. The smallest absolute Gasteiger partial charge is 0.0332 e. The molecular formula is C18H32N2S. The molecule has 1 N–H and O–H groups in total. The molecule has 2 rings (SSSR count). The first kappa shape index (κ1) is 17.0. The number of nitrogens with zero attached hydrogens (tertiary/aromatic N) is 1. The second-order valence-corrected chi connectivity index (χ2v) is 9.04. The summed E-state index contributed by atoms with van der Waals surface area (Å²) in [6.07, 6.45) is 1.16. The van der Waals surface area contributed by atoms with Gasteiger partial charge in [-0.05, 0) is 29.9 Å². The fourth-order valence-corrected chi connectivity index (χ4v) is 4.13. The van der Waals surface area contributed by atoms with Crippen LogP contribution in [0.5, 0.6) is 0 Å². The minimum atomic E-state index is 0.324. The Morgan fingerprint density at radius 2 is 1.95 bits per heavy atom. The Kier molecular flexibility index (Phi) is 5.50. The van der Waals surface area contributed by atoms with Gasteiger partial charge in [0.05, 0.1) is 0 Å². The average molecular weight is 309 g/mol. The predicted molar refractivity (Wildman–Crippen MR) is 94.0 cm³/mol. The zero-order chi connectivity index (χ0) is 15.6. The molecule has 0 radical (unpaired) electrons. The molecule has 1 aliphatic rings. The first-order valence-electron chi connectivity index (χ1n) is 8.36. The van der Waals surface area contributed by atoms with E-state index in [9.17, 15) is 0 Å². The van der Waals surface area contributed by atoms with Crippen LogP contribution in [0.4, 0.5) is 0 Å². The van der Waals surface area contributed by atoms with Crippen molar-refractivity contribution in [1.29, 1.82) is 0 Å². The molecule has 21 heavy (non-hydrogen) atoms. The maximum atomic E-state index is 3.78. The van der Waals surface area contributed by atoms with Crippen molar-refractivity contribution in [1.82, 2.24) is 10.2 Å².